The molecule has 1 unspecified atom stereocenters. The van der Waals surface area contributed by atoms with Crippen LogP contribution in [-0.2, 0) is 6.42 Å². The molecule has 0 saturated heterocycles. The van der Waals surface area contributed by atoms with Crippen molar-refractivity contribution in [1.82, 2.24) is 19.5 Å². The average Bonchev–Trinajstić information content (AvgIpc) is 3.63. The van der Waals surface area contributed by atoms with Crippen molar-refractivity contribution < 1.29 is 4.74 Å². The van der Waals surface area contributed by atoms with Crippen molar-refractivity contribution in [1.29, 1.82) is 0 Å². The summed E-state index contributed by atoms with van der Waals surface area (Å²) in [5.41, 5.74) is 5.38. The van der Waals surface area contributed by atoms with Crippen molar-refractivity contribution >= 4 is 29.1 Å². The molecule has 2 aromatic carbocycles. The van der Waals surface area contributed by atoms with Gasteiger partial charge >= 0.3 is 0 Å². The van der Waals surface area contributed by atoms with Crippen molar-refractivity contribution in [3.8, 4) is 11.4 Å². The minimum atomic E-state index is 0.267. The first-order valence-electron chi connectivity index (χ1n) is 14.2. The normalized spacial score (nSPS) is 16.6. The highest BCUT2D eigenvalue weighted by molar-refractivity contribution is 6.29. The van der Waals surface area contributed by atoms with E-state index in [1.165, 1.54) is 11.1 Å². The second-order valence-corrected chi connectivity index (χ2v) is 9.53. The van der Waals surface area contributed by atoms with Crippen LogP contribution in [0.5, 0.6) is 5.75 Å². The van der Waals surface area contributed by atoms with E-state index in [0.717, 1.165) is 54.4 Å². The van der Waals surface area contributed by atoms with Gasteiger partial charge in [0.05, 0.1) is 11.4 Å². The molecule has 4 aromatic rings. The van der Waals surface area contributed by atoms with Gasteiger partial charge in [-0.2, -0.15) is 4.98 Å². The van der Waals surface area contributed by atoms with Crippen LogP contribution >= 0.6 is 11.6 Å². The van der Waals surface area contributed by atoms with Crippen molar-refractivity contribution in [2.24, 2.45) is 0 Å². The van der Waals surface area contributed by atoms with Crippen LogP contribution in [0.3, 0.4) is 0 Å². The Bertz CT molecular complexity index is 1420. The summed E-state index contributed by atoms with van der Waals surface area (Å²) < 4.78 is 8.00. The lowest BCUT2D eigenvalue weighted by Crippen LogP contribution is -2.22. The Morgan fingerprint density at radius 3 is 2.55 bits per heavy atom. The van der Waals surface area contributed by atoms with Gasteiger partial charge in [-0.25, -0.2) is 9.97 Å². The van der Waals surface area contributed by atoms with Gasteiger partial charge < -0.3 is 19.5 Å². The van der Waals surface area contributed by atoms with Crippen molar-refractivity contribution in [3.05, 3.63) is 95.2 Å². The molecule has 2 aliphatic rings. The van der Waals surface area contributed by atoms with Crippen LogP contribution < -0.4 is 15.0 Å². The van der Waals surface area contributed by atoms with Gasteiger partial charge in [-0.05, 0) is 37.0 Å². The molecule has 0 fully saturated rings. The maximum absolute atomic E-state index is 6.14. The number of nitrogens with one attached hydrogen (secondary N) is 1. The predicted octanol–water partition coefficient (Wildman–Crippen LogP) is 7.96. The second kappa shape index (κ2) is 14.0. The standard InChI is InChI=1S/C28H27ClN6O.2C2H6/c1-34-14-6-3-7-15-36-24-16-20(10-13-23(24)35-17-25(29)30-18-35)31-28-32-26-21(19-8-4-2-5-9-19)11-12-22(26)27(34)33-28;2*1-2/h2-5,7-10,13,16-18,21H,6,11-12,14-15H2,1H3,(H,31,32,33);2*1-2H3/b7-3-;;. The van der Waals surface area contributed by atoms with E-state index in [-0.39, 0.29) is 5.92 Å². The molecule has 4 bridgehead atoms. The first kappa shape index (κ1) is 29.2. The molecule has 40 heavy (non-hydrogen) atoms. The summed E-state index contributed by atoms with van der Waals surface area (Å²) in [5.74, 6) is 2.59. The smallest absolute Gasteiger partial charge is 0.229 e. The summed E-state index contributed by atoms with van der Waals surface area (Å²) in [7, 11) is 2.11. The SMILES string of the molecule is CC.CC.CN1CC/C=C\COc2cc(ccc2-n2cnc(Cl)c2)Nc2nc3c(c1n2)CCC3c1ccccc1. The van der Waals surface area contributed by atoms with E-state index in [4.69, 9.17) is 26.3 Å². The number of fused-ring (bicyclic) bond motifs is 6. The van der Waals surface area contributed by atoms with Crippen LogP contribution in [0.25, 0.3) is 5.69 Å². The van der Waals surface area contributed by atoms with Gasteiger partial charge in [-0.15, -0.1) is 0 Å². The summed E-state index contributed by atoms with van der Waals surface area (Å²) in [6.45, 7) is 9.33. The molecular weight excluding hydrogens is 520 g/mol. The second-order valence-electron chi connectivity index (χ2n) is 9.14. The lowest BCUT2D eigenvalue weighted by molar-refractivity contribution is 0.361. The number of hydrogen-bond donors (Lipinski definition) is 1. The van der Waals surface area contributed by atoms with Gasteiger partial charge in [0.25, 0.3) is 0 Å². The highest BCUT2D eigenvalue weighted by Crippen LogP contribution is 2.41. The van der Waals surface area contributed by atoms with E-state index in [0.29, 0.717) is 17.7 Å². The Hall–Kier alpha value is -3.84. The molecule has 6 rings (SSSR count). The monoisotopic (exact) mass is 558 g/mol. The highest BCUT2D eigenvalue weighted by atomic mass is 35.5. The number of halogens is 1. The lowest BCUT2D eigenvalue weighted by atomic mass is 9.97. The molecule has 0 radical (unpaired) electrons. The third-order valence-electron chi connectivity index (χ3n) is 6.77. The summed E-state index contributed by atoms with van der Waals surface area (Å²) in [5, 5.41) is 3.88. The van der Waals surface area contributed by atoms with E-state index < -0.39 is 0 Å². The minimum Gasteiger partial charge on any atom is -0.487 e. The molecule has 2 aromatic heterocycles. The number of hydrogen-bond acceptors (Lipinski definition) is 6. The molecule has 7 nitrogen and oxygen atoms in total. The van der Waals surface area contributed by atoms with Crippen molar-refractivity contribution in [2.75, 3.05) is 30.4 Å². The van der Waals surface area contributed by atoms with Gasteiger partial charge in [0.2, 0.25) is 5.95 Å². The van der Waals surface area contributed by atoms with E-state index in [2.05, 4.69) is 64.7 Å². The average molecular weight is 559 g/mol. The molecule has 0 spiro atoms. The highest BCUT2D eigenvalue weighted by Gasteiger charge is 2.30. The van der Waals surface area contributed by atoms with Gasteiger partial charge in [0.15, 0.2) is 0 Å². The summed E-state index contributed by atoms with van der Waals surface area (Å²) in [4.78, 5) is 16.4. The molecule has 210 valence electrons. The first-order chi connectivity index (χ1) is 19.7. The maximum Gasteiger partial charge on any atom is 0.229 e. The largest absolute Gasteiger partial charge is 0.487 e. The zero-order valence-electron chi connectivity index (χ0n) is 24.1. The van der Waals surface area contributed by atoms with Crippen LogP contribution in [0.1, 0.15) is 63.3 Å². The van der Waals surface area contributed by atoms with E-state index in [9.17, 15) is 0 Å². The Balaban J connectivity index is 0.000000886. The third-order valence-corrected chi connectivity index (χ3v) is 6.97. The number of imidazole rings is 1. The van der Waals surface area contributed by atoms with E-state index >= 15 is 0 Å². The minimum absolute atomic E-state index is 0.267. The number of benzene rings is 2. The Kier molecular flexibility index (Phi) is 10.2. The first-order valence-corrected chi connectivity index (χ1v) is 14.6. The Morgan fingerprint density at radius 1 is 1.00 bits per heavy atom. The zero-order chi connectivity index (χ0) is 28.5. The van der Waals surface area contributed by atoms with Crippen LogP contribution in [0.15, 0.2) is 73.2 Å². The van der Waals surface area contributed by atoms with Crippen LogP contribution in [0.2, 0.25) is 5.15 Å². The molecule has 1 N–H and O–H groups in total. The Morgan fingerprint density at radius 2 is 1.80 bits per heavy atom. The Labute approximate surface area is 242 Å². The number of nitrogens with zero attached hydrogens (tertiary/aromatic N) is 5. The molecule has 3 heterocycles. The van der Waals surface area contributed by atoms with Gasteiger partial charge in [0, 0.05) is 43.0 Å². The summed E-state index contributed by atoms with van der Waals surface area (Å²) >= 11 is 6.07. The molecule has 0 saturated carbocycles. The summed E-state index contributed by atoms with van der Waals surface area (Å²) in [6, 6.07) is 16.6. The number of ether oxygens (including phenoxy) is 1. The molecule has 8 heteroatoms. The zero-order valence-corrected chi connectivity index (χ0v) is 24.8. The molecule has 1 atom stereocenters. The van der Waals surface area contributed by atoms with E-state index in [1.807, 2.05) is 50.5 Å². The fraction of sp³-hybridized carbons (Fsp3) is 0.344. The maximum atomic E-state index is 6.14. The van der Waals surface area contributed by atoms with Gasteiger partial charge in [-0.3, -0.25) is 0 Å². The molecule has 0 amide bonds. The van der Waals surface area contributed by atoms with Crippen LogP contribution in [-0.4, -0.2) is 39.7 Å². The molecule has 1 aliphatic heterocycles. The van der Waals surface area contributed by atoms with Gasteiger partial charge in [-0.1, -0.05) is 81.8 Å². The fourth-order valence-electron chi connectivity index (χ4n) is 5.00. The molecular formula is C32H39ClN6O. The van der Waals surface area contributed by atoms with Crippen LogP contribution in [0.4, 0.5) is 17.5 Å². The van der Waals surface area contributed by atoms with Crippen molar-refractivity contribution in [3.63, 3.8) is 0 Å². The fourth-order valence-corrected chi connectivity index (χ4v) is 5.15. The topological polar surface area (TPSA) is 68.1 Å². The third kappa shape index (κ3) is 6.48. The van der Waals surface area contributed by atoms with Crippen molar-refractivity contribution in [2.45, 2.75) is 52.9 Å². The number of rotatable bonds is 2. The number of aromatic nitrogens is 4. The quantitative estimate of drug-likeness (QED) is 0.252. The predicted molar refractivity (Wildman–Crippen MR) is 166 cm³/mol. The van der Waals surface area contributed by atoms with Crippen LogP contribution in [0, 0.1) is 0 Å². The number of anilines is 3. The lowest BCUT2D eigenvalue weighted by Gasteiger charge is -2.22. The molecule has 1 aliphatic carbocycles. The van der Waals surface area contributed by atoms with Gasteiger partial charge in [0.1, 0.15) is 29.7 Å². The van der Waals surface area contributed by atoms with E-state index in [1.54, 1.807) is 12.5 Å². The summed E-state index contributed by atoms with van der Waals surface area (Å²) in [6.07, 6.45) is 10.6.